The van der Waals surface area contributed by atoms with Gasteiger partial charge in [-0.2, -0.15) is 0 Å². The Morgan fingerprint density at radius 1 is 1.00 bits per heavy atom. The fourth-order valence-electron chi connectivity index (χ4n) is 2.86. The Morgan fingerprint density at radius 3 is 1.71 bits per heavy atom. The summed E-state index contributed by atoms with van der Waals surface area (Å²) < 4.78 is 9.81. The molecule has 0 spiro atoms. The summed E-state index contributed by atoms with van der Waals surface area (Å²) in [6.45, 7) is 3.58. The first kappa shape index (κ1) is 15.4. The largest absolute Gasteiger partial charge is 0.465 e. The molecule has 2 aliphatic heterocycles. The lowest BCUT2D eigenvalue weighted by molar-refractivity contribution is -0.151. The summed E-state index contributed by atoms with van der Waals surface area (Å²) in [4.78, 5) is 49.2. The van der Waals surface area contributed by atoms with Crippen LogP contribution in [0, 0.1) is 11.8 Å². The standard InChI is InChI=1S/C13H18N2O6/c1-4-20-12(18)8-6-7(11(17)15(3)10(6)16)9(14-8)13(19)21-5-2/h6-9,14H,4-5H2,1-3H3/t6-,7+,8+,9-. The molecule has 2 saturated heterocycles. The topological polar surface area (TPSA) is 102 Å². The highest BCUT2D eigenvalue weighted by atomic mass is 16.5. The first-order valence-electron chi connectivity index (χ1n) is 6.84. The van der Waals surface area contributed by atoms with Crippen LogP contribution in [-0.4, -0.2) is 61.0 Å². The van der Waals surface area contributed by atoms with Crippen LogP contribution in [0.3, 0.4) is 0 Å². The third-order valence-electron chi connectivity index (χ3n) is 3.78. The summed E-state index contributed by atoms with van der Waals surface area (Å²) in [5, 5.41) is 2.73. The van der Waals surface area contributed by atoms with Crippen LogP contribution in [0.1, 0.15) is 13.8 Å². The molecule has 8 heteroatoms. The molecule has 0 aromatic carbocycles. The van der Waals surface area contributed by atoms with Crippen molar-refractivity contribution in [1.82, 2.24) is 10.2 Å². The number of imide groups is 1. The van der Waals surface area contributed by atoms with Crippen LogP contribution in [0.25, 0.3) is 0 Å². The average molecular weight is 298 g/mol. The number of carbonyl (C=O) groups excluding carboxylic acids is 4. The third-order valence-corrected chi connectivity index (χ3v) is 3.78. The molecular weight excluding hydrogens is 280 g/mol. The number of hydrogen-bond acceptors (Lipinski definition) is 7. The van der Waals surface area contributed by atoms with Gasteiger partial charge in [-0.3, -0.25) is 29.4 Å². The summed E-state index contributed by atoms with van der Waals surface area (Å²) in [7, 11) is 1.34. The monoisotopic (exact) mass is 298 g/mol. The lowest BCUT2D eigenvalue weighted by Gasteiger charge is -2.18. The van der Waals surface area contributed by atoms with Crippen LogP contribution in [0.5, 0.6) is 0 Å². The summed E-state index contributed by atoms with van der Waals surface area (Å²) in [5.74, 6) is -4.09. The lowest BCUT2D eigenvalue weighted by atomic mass is 9.89. The number of hydrogen-bond donors (Lipinski definition) is 1. The Balaban J connectivity index is 2.31. The van der Waals surface area contributed by atoms with Gasteiger partial charge in [0.05, 0.1) is 25.0 Å². The van der Waals surface area contributed by atoms with Crippen LogP contribution >= 0.6 is 0 Å². The van der Waals surface area contributed by atoms with Crippen molar-refractivity contribution >= 4 is 23.8 Å². The van der Waals surface area contributed by atoms with Gasteiger partial charge >= 0.3 is 11.9 Å². The molecule has 2 aliphatic rings. The van der Waals surface area contributed by atoms with Crippen LogP contribution in [-0.2, 0) is 28.7 Å². The molecule has 0 aromatic rings. The van der Waals surface area contributed by atoms with E-state index in [1.807, 2.05) is 0 Å². The molecule has 2 rings (SSSR count). The van der Waals surface area contributed by atoms with Gasteiger partial charge in [0.1, 0.15) is 12.1 Å². The number of fused-ring (bicyclic) bond motifs is 1. The SMILES string of the molecule is CCOC(=O)[C@H]1N[C@@H](C(=O)OCC)[C@H]2C(=O)N(C)C(=O)[C@H]21. The Bertz CT molecular complexity index is 449. The summed E-state index contributed by atoms with van der Waals surface area (Å²) in [6.07, 6.45) is 0. The van der Waals surface area contributed by atoms with Gasteiger partial charge < -0.3 is 9.47 Å². The Hall–Kier alpha value is -1.96. The molecule has 0 aromatic heterocycles. The maximum atomic E-state index is 12.1. The minimum atomic E-state index is -1.01. The number of rotatable bonds is 4. The molecule has 2 heterocycles. The second-order valence-electron chi connectivity index (χ2n) is 4.91. The van der Waals surface area contributed by atoms with Crippen LogP contribution in [0.4, 0.5) is 0 Å². The van der Waals surface area contributed by atoms with Gasteiger partial charge in [-0.1, -0.05) is 0 Å². The van der Waals surface area contributed by atoms with Gasteiger partial charge in [-0.15, -0.1) is 0 Å². The van der Waals surface area contributed by atoms with E-state index in [0.29, 0.717) is 0 Å². The van der Waals surface area contributed by atoms with Crippen molar-refractivity contribution in [2.24, 2.45) is 11.8 Å². The van der Waals surface area contributed by atoms with E-state index < -0.39 is 47.7 Å². The van der Waals surface area contributed by atoms with Crippen molar-refractivity contribution in [2.75, 3.05) is 20.3 Å². The molecule has 0 saturated carbocycles. The second kappa shape index (κ2) is 5.80. The zero-order valence-corrected chi connectivity index (χ0v) is 12.1. The van der Waals surface area contributed by atoms with Crippen molar-refractivity contribution in [2.45, 2.75) is 25.9 Å². The number of esters is 2. The highest BCUT2D eigenvalue weighted by Gasteiger charge is 2.62. The third kappa shape index (κ3) is 2.39. The van der Waals surface area contributed by atoms with E-state index in [1.54, 1.807) is 13.8 Å². The Labute approximate surface area is 121 Å². The fraction of sp³-hybridized carbons (Fsp3) is 0.692. The fourth-order valence-corrected chi connectivity index (χ4v) is 2.86. The van der Waals surface area contributed by atoms with Gasteiger partial charge in [-0.25, -0.2) is 0 Å². The van der Waals surface area contributed by atoms with Gasteiger partial charge in [0.15, 0.2) is 0 Å². The number of nitrogens with one attached hydrogen (secondary N) is 1. The normalized spacial score (nSPS) is 31.3. The lowest BCUT2D eigenvalue weighted by Crippen LogP contribution is -2.47. The minimum Gasteiger partial charge on any atom is -0.465 e. The van der Waals surface area contributed by atoms with E-state index in [-0.39, 0.29) is 13.2 Å². The number of ether oxygens (including phenoxy) is 2. The van der Waals surface area contributed by atoms with E-state index >= 15 is 0 Å². The molecule has 0 bridgehead atoms. The van der Waals surface area contributed by atoms with E-state index in [4.69, 9.17) is 9.47 Å². The minimum absolute atomic E-state index is 0.149. The Morgan fingerprint density at radius 2 is 1.38 bits per heavy atom. The van der Waals surface area contributed by atoms with Crippen molar-refractivity contribution in [1.29, 1.82) is 0 Å². The van der Waals surface area contributed by atoms with Crippen LogP contribution < -0.4 is 5.32 Å². The maximum Gasteiger partial charge on any atom is 0.324 e. The number of carbonyl (C=O) groups is 4. The second-order valence-corrected chi connectivity index (χ2v) is 4.91. The van der Waals surface area contributed by atoms with Crippen molar-refractivity contribution in [3.63, 3.8) is 0 Å². The molecule has 8 nitrogen and oxygen atoms in total. The quantitative estimate of drug-likeness (QED) is 0.507. The summed E-state index contributed by atoms with van der Waals surface area (Å²) >= 11 is 0. The molecule has 0 radical (unpaired) electrons. The van der Waals surface area contributed by atoms with Gasteiger partial charge in [0.2, 0.25) is 11.8 Å². The molecule has 21 heavy (non-hydrogen) atoms. The molecule has 2 amide bonds. The van der Waals surface area contributed by atoms with Crippen molar-refractivity contribution in [3.8, 4) is 0 Å². The molecule has 4 atom stereocenters. The predicted octanol–water partition coefficient (Wildman–Crippen LogP) is -1.32. The van der Waals surface area contributed by atoms with Crippen molar-refractivity contribution < 1.29 is 28.7 Å². The molecule has 1 N–H and O–H groups in total. The first-order chi connectivity index (χ1) is 9.93. The van der Waals surface area contributed by atoms with Gasteiger partial charge in [-0.05, 0) is 13.8 Å². The summed E-state index contributed by atoms with van der Waals surface area (Å²) in [6, 6.07) is -2.02. The van der Waals surface area contributed by atoms with E-state index in [2.05, 4.69) is 5.32 Å². The molecule has 2 fully saturated rings. The van der Waals surface area contributed by atoms with Gasteiger partial charge in [0, 0.05) is 7.05 Å². The maximum absolute atomic E-state index is 12.1. The molecule has 116 valence electrons. The highest BCUT2D eigenvalue weighted by Crippen LogP contribution is 2.37. The smallest absolute Gasteiger partial charge is 0.324 e. The first-order valence-corrected chi connectivity index (χ1v) is 6.84. The van der Waals surface area contributed by atoms with Crippen LogP contribution in [0.2, 0.25) is 0 Å². The highest BCUT2D eigenvalue weighted by molar-refractivity contribution is 6.10. The number of likely N-dealkylation sites (tertiary alicyclic amines) is 1. The zero-order chi connectivity index (χ0) is 15.7. The molecule has 0 aliphatic carbocycles. The zero-order valence-electron chi connectivity index (χ0n) is 12.1. The van der Waals surface area contributed by atoms with Crippen LogP contribution in [0.15, 0.2) is 0 Å². The average Bonchev–Trinajstić information content (AvgIpc) is 2.94. The predicted molar refractivity (Wildman–Crippen MR) is 68.7 cm³/mol. The van der Waals surface area contributed by atoms with E-state index in [1.165, 1.54) is 7.05 Å². The summed E-state index contributed by atoms with van der Waals surface area (Å²) in [5.41, 5.74) is 0. The van der Waals surface area contributed by atoms with E-state index in [0.717, 1.165) is 4.90 Å². The Kier molecular flexibility index (Phi) is 4.26. The van der Waals surface area contributed by atoms with Gasteiger partial charge in [0.25, 0.3) is 0 Å². The van der Waals surface area contributed by atoms with E-state index in [9.17, 15) is 19.2 Å². The molecule has 0 unspecified atom stereocenters. The molecular formula is C13H18N2O6. The number of nitrogens with zero attached hydrogens (tertiary/aromatic N) is 1. The number of amides is 2. The van der Waals surface area contributed by atoms with Crippen molar-refractivity contribution in [3.05, 3.63) is 0 Å².